The number of hydrogen-bond donors (Lipinski definition) is 2. The molecule has 4 nitrogen and oxygen atoms in total. The Hall–Kier alpha value is -2.17. The molecule has 0 aliphatic heterocycles. The van der Waals surface area contributed by atoms with Gasteiger partial charge in [0.15, 0.2) is 0 Å². The highest BCUT2D eigenvalue weighted by Crippen LogP contribution is 2.10. The summed E-state index contributed by atoms with van der Waals surface area (Å²) in [5.74, 6) is -0.709. The van der Waals surface area contributed by atoms with Crippen molar-refractivity contribution in [1.82, 2.24) is 15.5 Å². The Bertz CT molecular complexity index is 523. The van der Waals surface area contributed by atoms with Crippen molar-refractivity contribution >= 4 is 5.91 Å². The highest BCUT2D eigenvalue weighted by molar-refractivity contribution is 5.95. The third-order valence-electron chi connectivity index (χ3n) is 2.44. The Balaban J connectivity index is 2.07. The van der Waals surface area contributed by atoms with E-state index in [4.69, 9.17) is 0 Å². The van der Waals surface area contributed by atoms with Gasteiger partial charge in [-0.15, -0.1) is 0 Å². The van der Waals surface area contributed by atoms with E-state index in [1.165, 1.54) is 12.1 Å². The molecule has 1 heterocycles. The Labute approximate surface area is 97.9 Å². The van der Waals surface area contributed by atoms with E-state index in [0.29, 0.717) is 12.1 Å². The summed E-state index contributed by atoms with van der Waals surface area (Å²) < 4.78 is 13.0. The first-order valence-corrected chi connectivity index (χ1v) is 5.19. The summed E-state index contributed by atoms with van der Waals surface area (Å²) in [6.07, 6.45) is 1.61. The number of H-pyrrole nitrogens is 1. The molecule has 0 aliphatic carbocycles. The molecule has 0 saturated heterocycles. The van der Waals surface area contributed by atoms with Gasteiger partial charge in [-0.25, -0.2) is 4.39 Å². The molecule has 0 unspecified atom stereocenters. The normalized spacial score (nSPS) is 10.2. The number of carbonyl (C=O) groups is 1. The maximum atomic E-state index is 13.0. The van der Waals surface area contributed by atoms with Gasteiger partial charge in [-0.1, -0.05) is 6.07 Å². The van der Waals surface area contributed by atoms with Crippen LogP contribution in [0.4, 0.5) is 4.39 Å². The van der Waals surface area contributed by atoms with E-state index in [2.05, 4.69) is 15.5 Å². The van der Waals surface area contributed by atoms with Crippen LogP contribution in [0, 0.1) is 12.7 Å². The minimum atomic E-state index is -0.415. The molecule has 0 bridgehead atoms. The van der Waals surface area contributed by atoms with Crippen molar-refractivity contribution in [2.75, 3.05) is 0 Å². The maximum absolute atomic E-state index is 13.0. The van der Waals surface area contributed by atoms with Crippen LogP contribution < -0.4 is 5.32 Å². The van der Waals surface area contributed by atoms with E-state index in [-0.39, 0.29) is 5.91 Å². The number of benzene rings is 1. The molecule has 1 amide bonds. The minimum Gasteiger partial charge on any atom is -0.346 e. The van der Waals surface area contributed by atoms with Gasteiger partial charge >= 0.3 is 0 Å². The third-order valence-corrected chi connectivity index (χ3v) is 2.44. The first-order valence-electron chi connectivity index (χ1n) is 5.19. The van der Waals surface area contributed by atoms with Crippen LogP contribution in [0.15, 0.2) is 30.5 Å². The van der Waals surface area contributed by atoms with E-state index in [9.17, 15) is 9.18 Å². The topological polar surface area (TPSA) is 57.8 Å². The van der Waals surface area contributed by atoms with Gasteiger partial charge in [-0.3, -0.25) is 9.89 Å². The van der Waals surface area contributed by atoms with Crippen molar-refractivity contribution in [3.05, 3.63) is 53.1 Å². The first-order chi connectivity index (χ1) is 8.16. The second-order valence-electron chi connectivity index (χ2n) is 3.72. The zero-order valence-electron chi connectivity index (χ0n) is 9.33. The van der Waals surface area contributed by atoms with Crippen molar-refractivity contribution in [2.24, 2.45) is 0 Å². The number of aromatic amines is 1. The largest absolute Gasteiger partial charge is 0.346 e. The molecular formula is C12H12FN3O. The monoisotopic (exact) mass is 233 g/mol. The quantitative estimate of drug-likeness (QED) is 0.849. The van der Waals surface area contributed by atoms with Crippen molar-refractivity contribution in [2.45, 2.75) is 13.5 Å². The number of carbonyl (C=O) groups excluding carboxylic acids is 1. The highest BCUT2D eigenvalue weighted by Gasteiger charge is 2.09. The van der Waals surface area contributed by atoms with Crippen LogP contribution in [-0.2, 0) is 6.54 Å². The van der Waals surface area contributed by atoms with Crippen LogP contribution in [0.1, 0.15) is 21.6 Å². The van der Waals surface area contributed by atoms with Gasteiger partial charge in [-0.05, 0) is 30.7 Å². The summed E-state index contributed by atoms with van der Waals surface area (Å²) >= 11 is 0. The summed E-state index contributed by atoms with van der Waals surface area (Å²) in [5.41, 5.74) is 1.89. The van der Waals surface area contributed by atoms with E-state index >= 15 is 0 Å². The summed E-state index contributed by atoms with van der Waals surface area (Å²) in [4.78, 5) is 11.8. The summed E-state index contributed by atoms with van der Waals surface area (Å²) in [7, 11) is 0. The fraction of sp³-hybridized carbons (Fsp3) is 0.167. The van der Waals surface area contributed by atoms with E-state index in [1.807, 2.05) is 0 Å². The molecule has 2 aromatic rings. The maximum Gasteiger partial charge on any atom is 0.251 e. The SMILES string of the molecule is Cc1ccc(F)cc1C(=O)NCc1ccn[nH]1. The summed E-state index contributed by atoms with van der Waals surface area (Å²) in [5, 5.41) is 9.19. The van der Waals surface area contributed by atoms with Gasteiger partial charge in [-0.2, -0.15) is 5.10 Å². The molecule has 0 spiro atoms. The number of hydrogen-bond acceptors (Lipinski definition) is 2. The zero-order chi connectivity index (χ0) is 12.3. The van der Waals surface area contributed by atoms with Crippen LogP contribution in [0.2, 0.25) is 0 Å². The first kappa shape index (κ1) is 11.3. The molecule has 2 rings (SSSR count). The van der Waals surface area contributed by atoms with E-state index in [0.717, 1.165) is 11.3 Å². The fourth-order valence-corrected chi connectivity index (χ4v) is 1.49. The Morgan fingerprint density at radius 3 is 3.00 bits per heavy atom. The van der Waals surface area contributed by atoms with Gasteiger partial charge < -0.3 is 5.32 Å². The van der Waals surface area contributed by atoms with Gasteiger partial charge in [0.05, 0.1) is 12.2 Å². The Morgan fingerprint density at radius 2 is 2.29 bits per heavy atom. The molecule has 0 saturated carbocycles. The molecule has 5 heteroatoms. The number of nitrogens with one attached hydrogen (secondary N) is 2. The average Bonchev–Trinajstić information content (AvgIpc) is 2.82. The number of rotatable bonds is 3. The molecule has 0 radical (unpaired) electrons. The zero-order valence-corrected chi connectivity index (χ0v) is 9.33. The molecule has 17 heavy (non-hydrogen) atoms. The second-order valence-corrected chi connectivity index (χ2v) is 3.72. The lowest BCUT2D eigenvalue weighted by Gasteiger charge is -2.06. The molecule has 1 aromatic heterocycles. The Kier molecular flexibility index (Phi) is 3.18. The van der Waals surface area contributed by atoms with Crippen molar-refractivity contribution < 1.29 is 9.18 Å². The molecule has 0 fully saturated rings. The lowest BCUT2D eigenvalue weighted by atomic mass is 10.1. The average molecular weight is 233 g/mol. The van der Waals surface area contributed by atoms with Gasteiger partial charge in [0.25, 0.3) is 5.91 Å². The fourth-order valence-electron chi connectivity index (χ4n) is 1.49. The second kappa shape index (κ2) is 4.78. The van der Waals surface area contributed by atoms with Crippen molar-refractivity contribution in [1.29, 1.82) is 0 Å². The van der Waals surface area contributed by atoms with Crippen LogP contribution in [0.5, 0.6) is 0 Å². The van der Waals surface area contributed by atoms with E-state index < -0.39 is 5.82 Å². The molecule has 88 valence electrons. The minimum absolute atomic E-state index is 0.295. The standard InChI is InChI=1S/C12H12FN3O/c1-8-2-3-9(13)6-11(8)12(17)14-7-10-4-5-15-16-10/h2-6H,7H2,1H3,(H,14,17)(H,15,16). The van der Waals surface area contributed by atoms with Gasteiger partial charge in [0, 0.05) is 11.8 Å². The molecule has 1 aromatic carbocycles. The summed E-state index contributed by atoms with van der Waals surface area (Å²) in [6.45, 7) is 2.11. The number of amides is 1. The lowest BCUT2D eigenvalue weighted by molar-refractivity contribution is 0.0949. The molecule has 2 N–H and O–H groups in total. The molecular weight excluding hydrogens is 221 g/mol. The third kappa shape index (κ3) is 2.69. The van der Waals surface area contributed by atoms with Crippen molar-refractivity contribution in [3.8, 4) is 0 Å². The highest BCUT2D eigenvalue weighted by atomic mass is 19.1. The molecule has 0 atom stereocenters. The van der Waals surface area contributed by atoms with E-state index in [1.54, 1.807) is 25.3 Å². The van der Waals surface area contributed by atoms with Crippen LogP contribution in [-0.4, -0.2) is 16.1 Å². The Morgan fingerprint density at radius 1 is 1.47 bits per heavy atom. The number of halogens is 1. The number of aryl methyl sites for hydroxylation is 1. The lowest BCUT2D eigenvalue weighted by Crippen LogP contribution is -2.23. The van der Waals surface area contributed by atoms with Crippen LogP contribution >= 0.6 is 0 Å². The summed E-state index contributed by atoms with van der Waals surface area (Å²) in [6, 6.07) is 5.91. The predicted molar refractivity (Wildman–Crippen MR) is 60.9 cm³/mol. The van der Waals surface area contributed by atoms with Crippen LogP contribution in [0.3, 0.4) is 0 Å². The number of aromatic nitrogens is 2. The predicted octanol–water partition coefficient (Wildman–Crippen LogP) is 1.79. The number of nitrogens with zero attached hydrogens (tertiary/aromatic N) is 1. The van der Waals surface area contributed by atoms with Crippen molar-refractivity contribution in [3.63, 3.8) is 0 Å². The molecule has 0 aliphatic rings. The van der Waals surface area contributed by atoms with Crippen LogP contribution in [0.25, 0.3) is 0 Å². The van der Waals surface area contributed by atoms with Gasteiger partial charge in [0.2, 0.25) is 0 Å². The van der Waals surface area contributed by atoms with Gasteiger partial charge in [0.1, 0.15) is 5.82 Å². The smallest absolute Gasteiger partial charge is 0.251 e.